The Morgan fingerprint density at radius 2 is 2.19 bits per heavy atom. The maximum atomic E-state index is 11.0. The van der Waals surface area contributed by atoms with E-state index in [1.54, 1.807) is 7.11 Å². The molecule has 1 aromatic carbocycles. The molecule has 1 aliphatic rings. The van der Waals surface area contributed by atoms with Gasteiger partial charge in [0.05, 0.1) is 18.9 Å². The second-order valence-electron chi connectivity index (χ2n) is 4.77. The number of H-pyrrole nitrogens is 1. The Balaban J connectivity index is 2.09. The summed E-state index contributed by atoms with van der Waals surface area (Å²) < 4.78 is 12.1. The van der Waals surface area contributed by atoms with Crippen molar-refractivity contribution in [1.82, 2.24) is 10.2 Å². The van der Waals surface area contributed by atoms with Crippen LogP contribution in [0, 0.1) is 0 Å². The van der Waals surface area contributed by atoms with Gasteiger partial charge in [0, 0.05) is 10.0 Å². The Bertz CT molecular complexity index is 694. The average Bonchev–Trinajstić information content (AvgIpc) is 3.13. The fraction of sp³-hybridized carbons (Fsp3) is 0.286. The minimum Gasteiger partial charge on any atom is -0.493 e. The van der Waals surface area contributed by atoms with Crippen molar-refractivity contribution in [3.63, 3.8) is 0 Å². The highest BCUT2D eigenvalue weighted by Gasteiger charge is 2.27. The van der Waals surface area contributed by atoms with Crippen molar-refractivity contribution in [1.29, 1.82) is 0 Å². The molecule has 1 fully saturated rings. The van der Waals surface area contributed by atoms with Crippen molar-refractivity contribution >= 4 is 21.9 Å². The van der Waals surface area contributed by atoms with E-state index in [9.17, 15) is 4.79 Å². The molecule has 7 heteroatoms. The van der Waals surface area contributed by atoms with Crippen LogP contribution in [0.3, 0.4) is 0 Å². The smallest absolute Gasteiger partial charge is 0.353 e. The summed E-state index contributed by atoms with van der Waals surface area (Å²) in [5, 5.41) is 15.5. The van der Waals surface area contributed by atoms with Gasteiger partial charge in [-0.3, -0.25) is 5.10 Å². The number of carboxylic acids is 1. The van der Waals surface area contributed by atoms with E-state index in [1.807, 2.05) is 12.1 Å². The first-order chi connectivity index (χ1) is 10.1. The molecular weight excluding hydrogens is 340 g/mol. The molecule has 2 aromatic rings. The van der Waals surface area contributed by atoms with Crippen molar-refractivity contribution < 1.29 is 19.4 Å². The third-order valence-electron chi connectivity index (χ3n) is 3.13. The third-order valence-corrected chi connectivity index (χ3v) is 3.59. The van der Waals surface area contributed by atoms with Crippen LogP contribution in [0.25, 0.3) is 11.3 Å². The normalized spacial score (nSPS) is 14.0. The van der Waals surface area contributed by atoms with Crippen molar-refractivity contribution in [3.05, 3.63) is 28.4 Å². The molecule has 110 valence electrons. The number of hydrogen-bond donors (Lipinski definition) is 2. The number of carbonyl (C=O) groups is 1. The van der Waals surface area contributed by atoms with Gasteiger partial charge < -0.3 is 14.6 Å². The van der Waals surface area contributed by atoms with Crippen LogP contribution >= 0.6 is 15.9 Å². The number of nitrogens with one attached hydrogen (secondary N) is 1. The zero-order chi connectivity index (χ0) is 15.0. The van der Waals surface area contributed by atoms with Gasteiger partial charge in [-0.25, -0.2) is 4.79 Å². The molecule has 3 rings (SSSR count). The molecule has 0 aliphatic heterocycles. The summed E-state index contributed by atoms with van der Waals surface area (Å²) in [6.45, 7) is 0. The van der Waals surface area contributed by atoms with Crippen LogP contribution < -0.4 is 9.47 Å². The van der Waals surface area contributed by atoms with Crippen LogP contribution in [0.15, 0.2) is 22.7 Å². The molecule has 1 aliphatic carbocycles. The fourth-order valence-electron chi connectivity index (χ4n) is 1.95. The summed E-state index contributed by atoms with van der Waals surface area (Å²) in [4.78, 5) is 11.0. The van der Waals surface area contributed by atoms with E-state index in [-0.39, 0.29) is 11.8 Å². The van der Waals surface area contributed by atoms with Crippen LogP contribution in [0.5, 0.6) is 11.5 Å². The maximum Gasteiger partial charge on any atom is 0.353 e. The Kier molecular flexibility index (Phi) is 3.59. The number of aromatic carboxylic acids is 1. The number of hydrogen-bond acceptors (Lipinski definition) is 4. The molecule has 1 aromatic heterocycles. The van der Waals surface area contributed by atoms with Crippen LogP contribution in [0.2, 0.25) is 0 Å². The molecule has 6 nitrogen and oxygen atoms in total. The second kappa shape index (κ2) is 5.40. The topological polar surface area (TPSA) is 84.4 Å². The number of benzene rings is 1. The van der Waals surface area contributed by atoms with Crippen LogP contribution in [-0.2, 0) is 0 Å². The Morgan fingerprint density at radius 1 is 1.43 bits per heavy atom. The molecule has 0 radical (unpaired) electrons. The van der Waals surface area contributed by atoms with Gasteiger partial charge in [-0.2, -0.15) is 5.10 Å². The van der Waals surface area contributed by atoms with Gasteiger partial charge in [0.1, 0.15) is 5.69 Å². The van der Waals surface area contributed by atoms with Gasteiger partial charge >= 0.3 is 5.97 Å². The standard InChI is InChI=1S/C14H13BrN2O4/c1-20-12-5-7(15)4-9(13(12)21-8-2-3-8)10-6-11(14(18)19)17-16-10/h4-6,8H,2-3H2,1H3,(H,16,17)(H,18,19). The molecule has 0 saturated heterocycles. The van der Waals surface area contributed by atoms with Gasteiger partial charge in [0.2, 0.25) is 0 Å². The number of rotatable bonds is 5. The van der Waals surface area contributed by atoms with Crippen molar-refractivity contribution in [3.8, 4) is 22.8 Å². The van der Waals surface area contributed by atoms with Crippen molar-refractivity contribution in [2.45, 2.75) is 18.9 Å². The minimum absolute atomic E-state index is 0.0290. The Morgan fingerprint density at radius 3 is 2.76 bits per heavy atom. The van der Waals surface area contributed by atoms with Gasteiger partial charge in [-0.15, -0.1) is 0 Å². The molecule has 0 atom stereocenters. The molecule has 21 heavy (non-hydrogen) atoms. The Hall–Kier alpha value is -2.02. The van der Waals surface area contributed by atoms with Crippen LogP contribution in [0.1, 0.15) is 23.3 Å². The third kappa shape index (κ3) is 2.87. The van der Waals surface area contributed by atoms with E-state index in [0.29, 0.717) is 22.8 Å². The lowest BCUT2D eigenvalue weighted by atomic mass is 10.1. The lowest BCUT2D eigenvalue weighted by molar-refractivity contribution is 0.0690. The monoisotopic (exact) mass is 352 g/mol. The predicted molar refractivity (Wildman–Crippen MR) is 78.9 cm³/mol. The molecular formula is C14H13BrN2O4. The molecule has 0 bridgehead atoms. The van der Waals surface area contributed by atoms with Crippen LogP contribution in [-0.4, -0.2) is 34.5 Å². The van der Waals surface area contributed by atoms with Gasteiger partial charge in [0.25, 0.3) is 0 Å². The molecule has 2 N–H and O–H groups in total. The largest absolute Gasteiger partial charge is 0.493 e. The molecule has 0 spiro atoms. The zero-order valence-electron chi connectivity index (χ0n) is 11.2. The lowest BCUT2D eigenvalue weighted by Gasteiger charge is -2.14. The number of carboxylic acid groups (broad SMARTS) is 1. The van der Waals surface area contributed by atoms with Crippen molar-refractivity contribution in [2.75, 3.05) is 7.11 Å². The number of nitrogens with zero attached hydrogens (tertiary/aromatic N) is 1. The summed E-state index contributed by atoms with van der Waals surface area (Å²) >= 11 is 3.41. The van der Waals surface area contributed by atoms with E-state index >= 15 is 0 Å². The highest BCUT2D eigenvalue weighted by Crippen LogP contribution is 2.43. The zero-order valence-corrected chi connectivity index (χ0v) is 12.8. The summed E-state index contributed by atoms with van der Waals surface area (Å²) in [6.07, 6.45) is 2.22. The van der Waals surface area contributed by atoms with Gasteiger partial charge in [-0.1, -0.05) is 15.9 Å². The lowest BCUT2D eigenvalue weighted by Crippen LogP contribution is -2.01. The first-order valence-corrected chi connectivity index (χ1v) is 7.21. The van der Waals surface area contributed by atoms with E-state index in [2.05, 4.69) is 26.1 Å². The molecule has 1 saturated carbocycles. The second-order valence-corrected chi connectivity index (χ2v) is 5.69. The minimum atomic E-state index is -1.06. The first-order valence-electron chi connectivity index (χ1n) is 6.41. The van der Waals surface area contributed by atoms with E-state index < -0.39 is 5.97 Å². The maximum absolute atomic E-state index is 11.0. The predicted octanol–water partition coefficient (Wildman–Crippen LogP) is 3.09. The fourth-order valence-corrected chi connectivity index (χ4v) is 2.39. The van der Waals surface area contributed by atoms with Gasteiger partial charge in [-0.05, 0) is 31.0 Å². The number of aromatic nitrogens is 2. The van der Waals surface area contributed by atoms with Gasteiger partial charge in [0.15, 0.2) is 11.5 Å². The summed E-state index contributed by atoms with van der Waals surface area (Å²) in [7, 11) is 1.57. The van der Waals surface area contributed by atoms with E-state index in [0.717, 1.165) is 17.3 Å². The Labute approximate surface area is 129 Å². The van der Waals surface area contributed by atoms with E-state index in [4.69, 9.17) is 14.6 Å². The highest BCUT2D eigenvalue weighted by molar-refractivity contribution is 9.10. The van der Waals surface area contributed by atoms with E-state index in [1.165, 1.54) is 6.07 Å². The van der Waals surface area contributed by atoms with Crippen molar-refractivity contribution in [2.24, 2.45) is 0 Å². The molecule has 0 amide bonds. The number of ether oxygens (including phenoxy) is 2. The number of methoxy groups -OCH3 is 1. The molecule has 1 heterocycles. The first kappa shape index (κ1) is 13.9. The number of aromatic amines is 1. The summed E-state index contributed by atoms with van der Waals surface area (Å²) in [5.41, 5.74) is 1.22. The summed E-state index contributed by atoms with van der Waals surface area (Å²) in [6, 6.07) is 5.12. The highest BCUT2D eigenvalue weighted by atomic mass is 79.9. The quantitative estimate of drug-likeness (QED) is 0.863. The van der Waals surface area contributed by atoms with Crippen LogP contribution in [0.4, 0.5) is 0 Å². The molecule has 0 unspecified atom stereocenters. The summed E-state index contributed by atoms with van der Waals surface area (Å²) in [5.74, 6) is 0.123. The number of halogens is 1. The SMILES string of the molecule is COc1cc(Br)cc(-c2cc(C(=O)O)[nH]n2)c1OC1CC1. The average molecular weight is 353 g/mol.